The molecule has 2 aromatic rings. The molecule has 2 rings (SSSR count). The van der Waals surface area contributed by atoms with Crippen LogP contribution in [0.3, 0.4) is 0 Å². The number of halogens is 5. The molecule has 0 aliphatic heterocycles. The van der Waals surface area contributed by atoms with Gasteiger partial charge < -0.3 is 0 Å². The summed E-state index contributed by atoms with van der Waals surface area (Å²) in [5, 5.41) is 0. The number of Topliss-reactive ketones (excluding diaryl/α,β-unsaturated/α-hetero) is 1. The van der Waals surface area contributed by atoms with E-state index in [1.807, 2.05) is 0 Å². The Morgan fingerprint density at radius 2 is 1.35 bits per heavy atom. The SMILES string of the molecule is CC(=O)c1cccc(C(C)=Nc2c(F)c(F)c(F)c(F)c2F)n1. The number of aliphatic imine (C=N–C) groups is 1. The second kappa shape index (κ2) is 6.23. The molecule has 0 bridgehead atoms. The fraction of sp³-hybridized carbons (Fsp3) is 0.133. The van der Waals surface area contributed by atoms with Crippen LogP contribution in [0.5, 0.6) is 0 Å². The van der Waals surface area contributed by atoms with E-state index < -0.39 is 34.8 Å². The van der Waals surface area contributed by atoms with E-state index in [0.717, 1.165) is 0 Å². The van der Waals surface area contributed by atoms with Gasteiger partial charge in [-0.1, -0.05) is 6.07 Å². The van der Waals surface area contributed by atoms with Crippen LogP contribution in [0, 0.1) is 29.1 Å². The first kappa shape index (κ1) is 16.7. The number of ketones is 1. The smallest absolute Gasteiger partial charge is 0.200 e. The number of carbonyl (C=O) groups is 1. The molecule has 3 nitrogen and oxygen atoms in total. The van der Waals surface area contributed by atoms with Crippen molar-refractivity contribution in [3.63, 3.8) is 0 Å². The van der Waals surface area contributed by atoms with E-state index in [0.29, 0.717) is 0 Å². The molecule has 0 radical (unpaired) electrons. The molecule has 1 aromatic heterocycles. The Balaban J connectivity index is 2.59. The van der Waals surface area contributed by atoms with Gasteiger partial charge in [-0.15, -0.1) is 0 Å². The molecule has 0 atom stereocenters. The molecule has 120 valence electrons. The van der Waals surface area contributed by atoms with Crippen molar-refractivity contribution in [2.75, 3.05) is 0 Å². The van der Waals surface area contributed by atoms with Crippen LogP contribution in [-0.2, 0) is 0 Å². The maximum atomic E-state index is 13.6. The Hall–Kier alpha value is -2.64. The van der Waals surface area contributed by atoms with Gasteiger partial charge >= 0.3 is 0 Å². The molecule has 0 saturated heterocycles. The summed E-state index contributed by atoms with van der Waals surface area (Å²) in [6.45, 7) is 2.53. The van der Waals surface area contributed by atoms with Gasteiger partial charge in [0.15, 0.2) is 29.1 Å². The highest BCUT2D eigenvalue weighted by Gasteiger charge is 2.25. The number of hydrogen-bond donors (Lipinski definition) is 0. The third-order valence-corrected chi connectivity index (χ3v) is 2.95. The predicted molar refractivity (Wildman–Crippen MR) is 72.3 cm³/mol. The summed E-state index contributed by atoms with van der Waals surface area (Å²) >= 11 is 0. The van der Waals surface area contributed by atoms with E-state index in [1.54, 1.807) is 0 Å². The Morgan fingerprint density at radius 3 is 1.87 bits per heavy atom. The third kappa shape index (κ3) is 3.10. The lowest BCUT2D eigenvalue weighted by molar-refractivity contribution is 0.101. The van der Waals surface area contributed by atoms with Gasteiger partial charge in [-0.3, -0.25) is 4.79 Å². The molecule has 0 spiro atoms. The molecule has 8 heteroatoms. The topological polar surface area (TPSA) is 42.3 Å². The average Bonchev–Trinajstić information content (AvgIpc) is 2.55. The van der Waals surface area contributed by atoms with Crippen LogP contribution in [0.1, 0.15) is 30.0 Å². The zero-order valence-electron chi connectivity index (χ0n) is 11.9. The van der Waals surface area contributed by atoms with Gasteiger partial charge in [0.2, 0.25) is 5.82 Å². The number of rotatable bonds is 3. The van der Waals surface area contributed by atoms with Crippen molar-refractivity contribution < 1.29 is 26.7 Å². The van der Waals surface area contributed by atoms with Gasteiger partial charge in [0, 0.05) is 6.92 Å². The Labute approximate surface area is 127 Å². The van der Waals surface area contributed by atoms with Crippen LogP contribution in [0.25, 0.3) is 0 Å². The van der Waals surface area contributed by atoms with Crippen LogP contribution >= 0.6 is 0 Å². The van der Waals surface area contributed by atoms with Gasteiger partial charge in [-0.2, -0.15) is 0 Å². The van der Waals surface area contributed by atoms with Crippen LogP contribution in [-0.4, -0.2) is 16.5 Å². The predicted octanol–water partition coefficient (Wildman–Crippen LogP) is 4.12. The molecule has 0 unspecified atom stereocenters. The molecule has 1 aromatic carbocycles. The van der Waals surface area contributed by atoms with Gasteiger partial charge in [-0.25, -0.2) is 31.9 Å². The number of aromatic nitrogens is 1. The number of carbonyl (C=O) groups excluding carboxylic acids is 1. The molecule has 0 saturated carbocycles. The van der Waals surface area contributed by atoms with Crippen molar-refractivity contribution in [2.24, 2.45) is 4.99 Å². The van der Waals surface area contributed by atoms with Gasteiger partial charge in [0.05, 0.1) is 11.4 Å². The fourth-order valence-corrected chi connectivity index (χ4v) is 1.75. The Bertz CT molecular complexity index is 804. The summed E-state index contributed by atoms with van der Waals surface area (Å²) in [5.41, 5.74) is -1.28. The van der Waals surface area contributed by atoms with E-state index in [1.165, 1.54) is 32.0 Å². The quantitative estimate of drug-likeness (QED) is 0.280. The molecule has 0 aliphatic rings. The highest BCUT2D eigenvalue weighted by Crippen LogP contribution is 2.29. The van der Waals surface area contributed by atoms with Gasteiger partial charge in [0.25, 0.3) is 0 Å². The molecule has 1 heterocycles. The van der Waals surface area contributed by atoms with Crippen molar-refractivity contribution in [3.8, 4) is 0 Å². The summed E-state index contributed by atoms with van der Waals surface area (Å²) in [4.78, 5) is 18.6. The lowest BCUT2D eigenvalue weighted by Gasteiger charge is -2.06. The summed E-state index contributed by atoms with van der Waals surface area (Å²) in [7, 11) is 0. The molecule has 0 aliphatic carbocycles. The van der Waals surface area contributed by atoms with E-state index in [9.17, 15) is 26.7 Å². The largest absolute Gasteiger partial charge is 0.293 e. The standard InChI is InChI=1S/C15H9F5N2O/c1-6(8-4-3-5-9(22-8)7(2)23)21-15-13(19)11(17)10(16)12(18)14(15)20/h3-5H,1-2H3. The molecule has 0 fully saturated rings. The number of benzene rings is 1. The second-order valence-corrected chi connectivity index (χ2v) is 4.58. The van der Waals surface area contributed by atoms with Crippen LogP contribution in [0.15, 0.2) is 23.2 Å². The highest BCUT2D eigenvalue weighted by atomic mass is 19.2. The molecule has 0 N–H and O–H groups in total. The minimum Gasteiger partial charge on any atom is -0.293 e. The maximum Gasteiger partial charge on any atom is 0.200 e. The zero-order valence-corrected chi connectivity index (χ0v) is 11.9. The Kier molecular flexibility index (Phi) is 4.53. The fourth-order valence-electron chi connectivity index (χ4n) is 1.75. The van der Waals surface area contributed by atoms with Crippen molar-refractivity contribution >= 4 is 17.2 Å². The van der Waals surface area contributed by atoms with Crippen LogP contribution in [0.4, 0.5) is 27.6 Å². The average molecular weight is 328 g/mol. The second-order valence-electron chi connectivity index (χ2n) is 4.58. The van der Waals surface area contributed by atoms with Gasteiger partial charge in [-0.05, 0) is 19.1 Å². The molecule has 23 heavy (non-hydrogen) atoms. The van der Waals surface area contributed by atoms with Crippen molar-refractivity contribution in [1.29, 1.82) is 0 Å². The van der Waals surface area contributed by atoms with Gasteiger partial charge in [0.1, 0.15) is 11.4 Å². The van der Waals surface area contributed by atoms with E-state index >= 15 is 0 Å². The van der Waals surface area contributed by atoms with Crippen LogP contribution in [0.2, 0.25) is 0 Å². The van der Waals surface area contributed by atoms with E-state index in [4.69, 9.17) is 0 Å². The maximum absolute atomic E-state index is 13.6. The highest BCUT2D eigenvalue weighted by molar-refractivity contribution is 6.00. The lowest BCUT2D eigenvalue weighted by Crippen LogP contribution is -2.06. The number of nitrogens with zero attached hydrogens (tertiary/aromatic N) is 2. The van der Waals surface area contributed by atoms with E-state index in [-0.39, 0.29) is 22.9 Å². The van der Waals surface area contributed by atoms with Crippen molar-refractivity contribution in [3.05, 3.63) is 58.7 Å². The molecular weight excluding hydrogens is 319 g/mol. The molecular formula is C15H9F5N2O. The minimum atomic E-state index is -2.26. The number of pyridine rings is 1. The summed E-state index contributed by atoms with van der Waals surface area (Å²) in [6.07, 6.45) is 0. The third-order valence-electron chi connectivity index (χ3n) is 2.95. The zero-order chi connectivity index (χ0) is 17.3. The molecule has 0 amide bonds. The normalized spacial score (nSPS) is 11.7. The first-order valence-corrected chi connectivity index (χ1v) is 6.29. The first-order valence-electron chi connectivity index (χ1n) is 6.29. The number of hydrogen-bond acceptors (Lipinski definition) is 3. The summed E-state index contributed by atoms with van der Waals surface area (Å²) in [6, 6.07) is 4.26. The summed E-state index contributed by atoms with van der Waals surface area (Å²) < 4.78 is 66.4. The Morgan fingerprint density at radius 1 is 0.870 bits per heavy atom. The summed E-state index contributed by atoms with van der Waals surface area (Å²) in [5.74, 6) is -10.8. The lowest BCUT2D eigenvalue weighted by atomic mass is 10.2. The van der Waals surface area contributed by atoms with Crippen LogP contribution < -0.4 is 0 Å². The van der Waals surface area contributed by atoms with Crippen molar-refractivity contribution in [1.82, 2.24) is 4.98 Å². The first-order chi connectivity index (χ1) is 10.7. The van der Waals surface area contributed by atoms with Crippen molar-refractivity contribution in [2.45, 2.75) is 13.8 Å². The minimum absolute atomic E-state index is 0.0710. The van der Waals surface area contributed by atoms with E-state index in [2.05, 4.69) is 9.98 Å². The monoisotopic (exact) mass is 328 g/mol.